The molecule has 0 saturated carbocycles. The van der Waals surface area contributed by atoms with Gasteiger partial charge in [0.2, 0.25) is 16.9 Å². The average Bonchev–Trinajstić information content (AvgIpc) is 2.73. The SMILES string of the molecule is N/C=C(\C=NCc1ccc(C(F)(F)F)cc1)c1c(C(F)(F)F)oc2c(O)c(O)ccc2c1=O. The minimum atomic E-state index is -5.18. The van der Waals surface area contributed by atoms with E-state index < -0.39 is 62.7 Å². The molecular formula is C21H14F6N2O4. The number of aliphatic imine (C=N–C) groups is 1. The van der Waals surface area contributed by atoms with Crippen molar-refractivity contribution in [2.24, 2.45) is 10.7 Å². The Kier molecular flexibility index (Phi) is 6.12. The summed E-state index contributed by atoms with van der Waals surface area (Å²) in [7, 11) is 0. The van der Waals surface area contributed by atoms with E-state index in [1.807, 2.05) is 0 Å². The number of alkyl halides is 6. The summed E-state index contributed by atoms with van der Waals surface area (Å²) in [6.07, 6.45) is -8.17. The van der Waals surface area contributed by atoms with Crippen LogP contribution in [0.5, 0.6) is 11.5 Å². The molecule has 1 heterocycles. The van der Waals surface area contributed by atoms with Gasteiger partial charge in [-0.1, -0.05) is 12.1 Å². The van der Waals surface area contributed by atoms with Gasteiger partial charge in [0.15, 0.2) is 11.3 Å². The van der Waals surface area contributed by atoms with Gasteiger partial charge in [-0.05, 0) is 29.8 Å². The van der Waals surface area contributed by atoms with Crippen molar-refractivity contribution in [3.05, 3.63) is 75.3 Å². The van der Waals surface area contributed by atoms with Crippen LogP contribution in [0.3, 0.4) is 0 Å². The molecule has 174 valence electrons. The monoisotopic (exact) mass is 472 g/mol. The molecule has 0 aliphatic heterocycles. The van der Waals surface area contributed by atoms with Crippen LogP contribution < -0.4 is 11.2 Å². The molecule has 0 amide bonds. The lowest BCUT2D eigenvalue weighted by atomic mass is 10.0. The zero-order valence-corrected chi connectivity index (χ0v) is 16.3. The number of halogens is 6. The van der Waals surface area contributed by atoms with Crippen molar-refractivity contribution in [1.29, 1.82) is 0 Å². The van der Waals surface area contributed by atoms with Crippen LogP contribution in [0.25, 0.3) is 16.5 Å². The number of phenolic OH excluding ortho intramolecular Hbond substituents is 2. The highest BCUT2D eigenvalue weighted by Crippen LogP contribution is 2.39. The van der Waals surface area contributed by atoms with Crippen LogP contribution in [0.1, 0.15) is 22.5 Å². The average molecular weight is 472 g/mol. The molecule has 12 heteroatoms. The highest BCUT2D eigenvalue weighted by atomic mass is 19.4. The lowest BCUT2D eigenvalue weighted by Gasteiger charge is -2.13. The van der Waals surface area contributed by atoms with Crippen molar-refractivity contribution < 1.29 is 41.0 Å². The van der Waals surface area contributed by atoms with E-state index in [4.69, 9.17) is 10.2 Å². The predicted molar refractivity (Wildman–Crippen MR) is 107 cm³/mol. The van der Waals surface area contributed by atoms with Crippen molar-refractivity contribution >= 4 is 22.8 Å². The molecule has 0 unspecified atom stereocenters. The van der Waals surface area contributed by atoms with Crippen molar-refractivity contribution in [2.45, 2.75) is 18.9 Å². The quantitative estimate of drug-likeness (QED) is 0.287. The summed E-state index contributed by atoms with van der Waals surface area (Å²) < 4.78 is 83.5. The predicted octanol–water partition coefficient (Wildman–Crippen LogP) is 4.81. The summed E-state index contributed by atoms with van der Waals surface area (Å²) in [6, 6.07) is 5.81. The van der Waals surface area contributed by atoms with Gasteiger partial charge < -0.3 is 20.4 Å². The molecule has 0 radical (unpaired) electrons. The minimum Gasteiger partial charge on any atom is -0.504 e. The summed E-state index contributed by atoms with van der Waals surface area (Å²) in [5, 5.41) is 18.9. The van der Waals surface area contributed by atoms with Crippen molar-refractivity contribution in [3.8, 4) is 11.5 Å². The molecule has 4 N–H and O–H groups in total. The van der Waals surface area contributed by atoms with Crippen LogP contribution in [-0.2, 0) is 18.9 Å². The standard InChI is InChI=1S/C21H14F6N2O4/c22-20(23,24)12-3-1-10(2-4-12)8-29-9-11(7-28)15-16(31)13-5-6-14(30)17(32)18(13)33-19(15)21(25,26)27/h1-7,9,30,32H,8,28H2/b11-7+,29-9?. The summed E-state index contributed by atoms with van der Waals surface area (Å²) in [5.41, 5.74) is 1.33. The molecule has 0 bridgehead atoms. The van der Waals surface area contributed by atoms with Gasteiger partial charge in [0.25, 0.3) is 0 Å². The second-order valence-electron chi connectivity index (χ2n) is 6.73. The summed E-state index contributed by atoms with van der Waals surface area (Å²) in [6.45, 7) is -0.218. The Morgan fingerprint density at radius 3 is 2.18 bits per heavy atom. The van der Waals surface area contributed by atoms with Gasteiger partial charge in [0.05, 0.1) is 23.1 Å². The molecule has 0 atom stereocenters. The summed E-state index contributed by atoms with van der Waals surface area (Å²) in [5.74, 6) is -3.62. The molecule has 2 aromatic carbocycles. The maximum absolute atomic E-state index is 13.6. The topological polar surface area (TPSA) is 109 Å². The second kappa shape index (κ2) is 8.52. The molecule has 0 aliphatic rings. The minimum absolute atomic E-state index is 0.218. The molecule has 33 heavy (non-hydrogen) atoms. The molecule has 3 aromatic rings. The Hall–Kier alpha value is -3.96. The lowest BCUT2D eigenvalue weighted by molar-refractivity contribution is -0.153. The second-order valence-corrected chi connectivity index (χ2v) is 6.73. The number of fused-ring (bicyclic) bond motifs is 1. The van der Waals surface area contributed by atoms with E-state index in [1.54, 1.807) is 0 Å². The van der Waals surface area contributed by atoms with Gasteiger partial charge in [-0.2, -0.15) is 26.3 Å². The maximum atomic E-state index is 13.6. The Balaban J connectivity index is 2.03. The van der Waals surface area contributed by atoms with Crippen molar-refractivity contribution in [2.75, 3.05) is 0 Å². The Morgan fingerprint density at radius 2 is 1.64 bits per heavy atom. The number of hydrogen-bond donors (Lipinski definition) is 3. The zero-order valence-electron chi connectivity index (χ0n) is 16.3. The van der Waals surface area contributed by atoms with Gasteiger partial charge in [-0.25, -0.2) is 0 Å². The molecule has 3 rings (SSSR count). The van der Waals surface area contributed by atoms with Crippen LogP contribution in [0.15, 0.2) is 56.8 Å². The van der Waals surface area contributed by atoms with Gasteiger partial charge in [0, 0.05) is 18.0 Å². The first-order chi connectivity index (χ1) is 15.3. The van der Waals surface area contributed by atoms with Gasteiger partial charge >= 0.3 is 12.4 Å². The van der Waals surface area contributed by atoms with Gasteiger partial charge in [-0.3, -0.25) is 9.79 Å². The number of benzene rings is 2. The third kappa shape index (κ3) is 4.78. The van der Waals surface area contributed by atoms with Crippen LogP contribution in [-0.4, -0.2) is 16.4 Å². The lowest BCUT2D eigenvalue weighted by Crippen LogP contribution is -2.19. The first-order valence-electron chi connectivity index (χ1n) is 9.01. The molecule has 0 spiro atoms. The Morgan fingerprint density at radius 1 is 1.00 bits per heavy atom. The number of aromatic hydroxyl groups is 2. The molecule has 0 aliphatic carbocycles. The van der Waals surface area contributed by atoms with E-state index in [1.165, 1.54) is 0 Å². The van der Waals surface area contributed by atoms with E-state index >= 15 is 0 Å². The summed E-state index contributed by atoms with van der Waals surface area (Å²) >= 11 is 0. The van der Waals surface area contributed by atoms with E-state index in [9.17, 15) is 41.4 Å². The number of rotatable bonds is 4. The third-order valence-electron chi connectivity index (χ3n) is 4.52. The van der Waals surface area contributed by atoms with Gasteiger partial charge in [-0.15, -0.1) is 0 Å². The number of hydrogen-bond acceptors (Lipinski definition) is 6. The third-order valence-corrected chi connectivity index (χ3v) is 4.52. The summed E-state index contributed by atoms with van der Waals surface area (Å²) in [4.78, 5) is 16.7. The number of nitrogens with two attached hydrogens (primary N) is 1. The fourth-order valence-electron chi connectivity index (χ4n) is 2.94. The van der Waals surface area contributed by atoms with Crippen molar-refractivity contribution in [1.82, 2.24) is 0 Å². The van der Waals surface area contributed by atoms with Crippen LogP contribution in [0, 0.1) is 0 Å². The van der Waals surface area contributed by atoms with E-state index in [0.29, 0.717) is 11.8 Å². The molecule has 1 aromatic heterocycles. The Labute approximate surface area is 180 Å². The molecule has 0 saturated heterocycles. The smallest absolute Gasteiger partial charge is 0.450 e. The molecular weight excluding hydrogens is 458 g/mol. The Bertz CT molecular complexity index is 1310. The van der Waals surface area contributed by atoms with E-state index in [-0.39, 0.29) is 6.54 Å². The first-order valence-corrected chi connectivity index (χ1v) is 9.01. The van der Waals surface area contributed by atoms with Crippen LogP contribution >= 0.6 is 0 Å². The number of phenols is 2. The van der Waals surface area contributed by atoms with Crippen molar-refractivity contribution in [3.63, 3.8) is 0 Å². The van der Waals surface area contributed by atoms with Gasteiger partial charge in [0.1, 0.15) is 0 Å². The number of nitrogens with zero attached hydrogens (tertiary/aromatic N) is 1. The fraction of sp³-hybridized carbons (Fsp3) is 0.143. The largest absolute Gasteiger partial charge is 0.504 e. The molecule has 0 fully saturated rings. The highest BCUT2D eigenvalue weighted by molar-refractivity contribution is 6.10. The zero-order chi connectivity index (χ0) is 24.6. The normalized spacial score (nSPS) is 13.2. The van der Waals surface area contributed by atoms with E-state index in [2.05, 4.69) is 4.99 Å². The maximum Gasteiger partial charge on any atom is 0.450 e. The molecule has 6 nitrogen and oxygen atoms in total. The van der Waals surface area contributed by atoms with E-state index in [0.717, 1.165) is 42.6 Å². The van der Waals surface area contributed by atoms with Crippen LogP contribution in [0.4, 0.5) is 26.3 Å². The first kappa shape index (κ1) is 23.7. The number of allylic oxidation sites excluding steroid dienone is 1. The fourth-order valence-corrected chi connectivity index (χ4v) is 2.94. The highest BCUT2D eigenvalue weighted by Gasteiger charge is 2.40. The van der Waals surface area contributed by atoms with Crippen LogP contribution in [0.2, 0.25) is 0 Å².